The Morgan fingerprint density at radius 3 is 2.46 bits per heavy atom. The van der Waals surface area contributed by atoms with E-state index in [2.05, 4.69) is 26.0 Å². The van der Waals surface area contributed by atoms with E-state index in [1.165, 1.54) is 11.6 Å². The van der Waals surface area contributed by atoms with E-state index in [-0.39, 0.29) is 24.3 Å². The molecule has 0 bridgehead atoms. The summed E-state index contributed by atoms with van der Waals surface area (Å²) in [4.78, 5) is 0. The summed E-state index contributed by atoms with van der Waals surface area (Å²) in [5.41, 5.74) is 2.32. The molecule has 2 aromatic rings. The summed E-state index contributed by atoms with van der Waals surface area (Å²) in [7, 11) is 0. The molecule has 3 heteroatoms. The SMILES string of the molecule is CC(C)[C@@H]1C[C@H](c2cccc(F)c2)C[C@@H]1OCc1ccccc1.Cl. The molecule has 1 fully saturated rings. The second-order valence-electron chi connectivity index (χ2n) is 6.97. The summed E-state index contributed by atoms with van der Waals surface area (Å²) in [5, 5.41) is 0. The maximum absolute atomic E-state index is 13.5. The summed E-state index contributed by atoms with van der Waals surface area (Å²) in [6, 6.07) is 17.4. The molecule has 0 amide bonds. The van der Waals surface area contributed by atoms with Crippen LogP contribution in [0.5, 0.6) is 0 Å². The van der Waals surface area contributed by atoms with Gasteiger partial charge in [0.25, 0.3) is 0 Å². The van der Waals surface area contributed by atoms with Crippen LogP contribution in [0.2, 0.25) is 0 Å². The third-order valence-corrected chi connectivity index (χ3v) is 5.03. The van der Waals surface area contributed by atoms with Crippen LogP contribution in [-0.2, 0) is 11.3 Å². The molecule has 130 valence electrons. The van der Waals surface area contributed by atoms with Crippen molar-refractivity contribution in [3.8, 4) is 0 Å². The molecule has 1 aliphatic carbocycles. The molecule has 1 aliphatic rings. The van der Waals surface area contributed by atoms with Gasteiger partial charge in [-0.15, -0.1) is 12.4 Å². The molecule has 0 N–H and O–H groups in total. The second-order valence-corrected chi connectivity index (χ2v) is 6.97. The Labute approximate surface area is 150 Å². The summed E-state index contributed by atoms with van der Waals surface area (Å²) in [5.74, 6) is 1.37. The first kappa shape index (κ1) is 19.0. The molecule has 0 saturated heterocycles. The number of halogens is 2. The fourth-order valence-corrected chi connectivity index (χ4v) is 3.74. The lowest BCUT2D eigenvalue weighted by molar-refractivity contribution is 0.00325. The molecule has 1 saturated carbocycles. The van der Waals surface area contributed by atoms with E-state index in [0.717, 1.165) is 18.4 Å². The molecule has 0 unspecified atom stereocenters. The Kier molecular flexibility index (Phi) is 6.82. The lowest BCUT2D eigenvalue weighted by atomic mass is 9.90. The van der Waals surface area contributed by atoms with Gasteiger partial charge in [-0.2, -0.15) is 0 Å². The number of hydrogen-bond donors (Lipinski definition) is 0. The predicted octanol–water partition coefficient (Wildman–Crippen LogP) is 5.98. The Balaban J connectivity index is 0.00000208. The monoisotopic (exact) mass is 348 g/mol. The Hall–Kier alpha value is -1.38. The van der Waals surface area contributed by atoms with E-state index in [0.29, 0.717) is 24.4 Å². The molecule has 3 rings (SSSR count). The molecule has 0 aromatic heterocycles. The molecule has 0 heterocycles. The minimum absolute atomic E-state index is 0. The van der Waals surface area contributed by atoms with Crippen LogP contribution in [0.4, 0.5) is 4.39 Å². The highest BCUT2D eigenvalue weighted by molar-refractivity contribution is 5.85. The van der Waals surface area contributed by atoms with Crippen molar-refractivity contribution >= 4 is 12.4 Å². The summed E-state index contributed by atoms with van der Waals surface area (Å²) >= 11 is 0. The van der Waals surface area contributed by atoms with Crippen LogP contribution in [0.15, 0.2) is 54.6 Å². The van der Waals surface area contributed by atoms with Crippen LogP contribution in [0, 0.1) is 17.7 Å². The highest BCUT2D eigenvalue weighted by Gasteiger charge is 2.37. The largest absolute Gasteiger partial charge is 0.373 e. The summed E-state index contributed by atoms with van der Waals surface area (Å²) in [6.07, 6.45) is 2.32. The third kappa shape index (κ3) is 4.58. The molecule has 0 spiro atoms. The van der Waals surface area contributed by atoms with Crippen molar-refractivity contribution in [1.82, 2.24) is 0 Å². The van der Waals surface area contributed by atoms with Crippen molar-refractivity contribution in [2.75, 3.05) is 0 Å². The lowest BCUT2D eigenvalue weighted by Gasteiger charge is -2.23. The van der Waals surface area contributed by atoms with E-state index in [1.54, 1.807) is 6.07 Å². The van der Waals surface area contributed by atoms with Crippen LogP contribution in [0.1, 0.15) is 43.7 Å². The van der Waals surface area contributed by atoms with Gasteiger partial charge in [-0.05, 0) is 53.9 Å². The zero-order valence-electron chi connectivity index (χ0n) is 14.3. The van der Waals surface area contributed by atoms with E-state index in [1.807, 2.05) is 30.3 Å². The molecule has 24 heavy (non-hydrogen) atoms. The minimum atomic E-state index is -0.141. The Morgan fingerprint density at radius 1 is 1.04 bits per heavy atom. The van der Waals surface area contributed by atoms with Gasteiger partial charge in [0.1, 0.15) is 5.82 Å². The maximum Gasteiger partial charge on any atom is 0.123 e. The van der Waals surface area contributed by atoms with Gasteiger partial charge < -0.3 is 4.74 Å². The molecule has 2 aromatic carbocycles. The molecular weight excluding hydrogens is 323 g/mol. The fourth-order valence-electron chi connectivity index (χ4n) is 3.74. The average molecular weight is 349 g/mol. The first-order chi connectivity index (χ1) is 11.1. The smallest absolute Gasteiger partial charge is 0.123 e. The lowest BCUT2D eigenvalue weighted by Crippen LogP contribution is -2.22. The standard InChI is InChI=1S/C21H25FO.ClH/c1-15(2)20-12-18(17-9-6-10-19(22)11-17)13-21(20)23-14-16-7-4-3-5-8-16;/h3-11,15,18,20-21H,12-14H2,1-2H3;1H/t18-,20-,21-;/m0./s1. The van der Waals surface area contributed by atoms with Crippen molar-refractivity contribution < 1.29 is 9.13 Å². The van der Waals surface area contributed by atoms with E-state index in [4.69, 9.17) is 4.74 Å². The van der Waals surface area contributed by atoms with Gasteiger partial charge in [0.2, 0.25) is 0 Å². The van der Waals surface area contributed by atoms with Crippen molar-refractivity contribution in [1.29, 1.82) is 0 Å². The van der Waals surface area contributed by atoms with Gasteiger partial charge in [-0.1, -0.05) is 56.3 Å². The average Bonchev–Trinajstić information content (AvgIpc) is 2.98. The minimum Gasteiger partial charge on any atom is -0.373 e. The van der Waals surface area contributed by atoms with Crippen LogP contribution >= 0.6 is 12.4 Å². The van der Waals surface area contributed by atoms with Gasteiger partial charge in [0, 0.05) is 0 Å². The molecular formula is C21H26ClFO. The van der Waals surface area contributed by atoms with Crippen molar-refractivity contribution in [3.63, 3.8) is 0 Å². The van der Waals surface area contributed by atoms with Crippen LogP contribution in [0.25, 0.3) is 0 Å². The van der Waals surface area contributed by atoms with Gasteiger partial charge in [0.15, 0.2) is 0 Å². The maximum atomic E-state index is 13.5. The Bertz CT molecular complexity index is 629. The first-order valence-corrected chi connectivity index (χ1v) is 8.54. The number of ether oxygens (including phenoxy) is 1. The van der Waals surface area contributed by atoms with Crippen molar-refractivity contribution in [2.45, 2.75) is 45.3 Å². The van der Waals surface area contributed by atoms with Gasteiger partial charge in [-0.3, -0.25) is 0 Å². The van der Waals surface area contributed by atoms with Crippen LogP contribution in [-0.4, -0.2) is 6.10 Å². The quantitative estimate of drug-likeness (QED) is 0.645. The first-order valence-electron chi connectivity index (χ1n) is 8.54. The summed E-state index contributed by atoms with van der Waals surface area (Å²) in [6.45, 7) is 5.18. The number of hydrogen-bond acceptors (Lipinski definition) is 1. The molecule has 1 nitrogen and oxygen atoms in total. The highest BCUT2D eigenvalue weighted by Crippen LogP contribution is 2.43. The topological polar surface area (TPSA) is 9.23 Å². The Morgan fingerprint density at radius 2 is 1.79 bits per heavy atom. The highest BCUT2D eigenvalue weighted by atomic mass is 35.5. The van der Waals surface area contributed by atoms with Crippen molar-refractivity contribution in [2.24, 2.45) is 11.8 Å². The van der Waals surface area contributed by atoms with Gasteiger partial charge >= 0.3 is 0 Å². The number of benzene rings is 2. The van der Waals surface area contributed by atoms with Gasteiger partial charge in [0.05, 0.1) is 12.7 Å². The van der Waals surface area contributed by atoms with Gasteiger partial charge in [-0.25, -0.2) is 4.39 Å². The van der Waals surface area contributed by atoms with Crippen LogP contribution in [0.3, 0.4) is 0 Å². The van der Waals surface area contributed by atoms with E-state index >= 15 is 0 Å². The zero-order valence-corrected chi connectivity index (χ0v) is 15.1. The second kappa shape index (κ2) is 8.64. The molecule has 3 atom stereocenters. The molecule has 0 radical (unpaired) electrons. The van der Waals surface area contributed by atoms with E-state index in [9.17, 15) is 4.39 Å². The third-order valence-electron chi connectivity index (χ3n) is 5.03. The molecule has 0 aliphatic heterocycles. The fraction of sp³-hybridized carbons (Fsp3) is 0.429. The normalized spacial score (nSPS) is 23.2. The van der Waals surface area contributed by atoms with Crippen LogP contribution < -0.4 is 0 Å². The van der Waals surface area contributed by atoms with E-state index < -0.39 is 0 Å². The number of rotatable bonds is 5. The zero-order chi connectivity index (χ0) is 16.2. The van der Waals surface area contributed by atoms with Crippen molar-refractivity contribution in [3.05, 3.63) is 71.5 Å². The summed E-state index contributed by atoms with van der Waals surface area (Å²) < 4.78 is 19.8. The predicted molar refractivity (Wildman–Crippen MR) is 99.0 cm³/mol.